The second kappa shape index (κ2) is 13.3. The highest BCUT2D eigenvalue weighted by molar-refractivity contribution is 6.03. The number of allylic oxidation sites excluding steroid dienone is 4. The van der Waals surface area contributed by atoms with Crippen LogP contribution in [0.2, 0.25) is 0 Å². The van der Waals surface area contributed by atoms with E-state index in [0.29, 0.717) is 25.7 Å². The van der Waals surface area contributed by atoms with Gasteiger partial charge < -0.3 is 9.47 Å². The van der Waals surface area contributed by atoms with Gasteiger partial charge in [-0.05, 0) is 59.3 Å². The Hall–Kier alpha value is -2.01. The highest BCUT2D eigenvalue weighted by Gasteiger charge is 2.41. The number of carbonyl (C=O) groups excluding carboxylic acids is 3. The summed E-state index contributed by atoms with van der Waals surface area (Å²) in [5, 5.41) is 0. The van der Waals surface area contributed by atoms with E-state index in [1.54, 1.807) is 7.11 Å². The summed E-state index contributed by atoms with van der Waals surface area (Å²) in [6.07, 6.45) is 15.6. The van der Waals surface area contributed by atoms with Crippen LogP contribution in [0.4, 0.5) is 0 Å². The van der Waals surface area contributed by atoms with E-state index in [9.17, 15) is 14.4 Å². The smallest absolute Gasteiger partial charge is 0.316 e. The average Bonchev–Trinajstić information content (AvgIpc) is 3.12. The number of rotatable bonds is 13. The number of ether oxygens (including phenoxy) is 2. The fraction of sp³-hybridized carbons (Fsp3) is 0.640. The molecule has 0 aromatic rings. The molecule has 0 aliphatic heterocycles. The van der Waals surface area contributed by atoms with Gasteiger partial charge in [0.05, 0.1) is 12.7 Å². The molecule has 1 aliphatic rings. The van der Waals surface area contributed by atoms with E-state index in [4.69, 9.17) is 9.47 Å². The van der Waals surface area contributed by atoms with Crippen molar-refractivity contribution in [2.75, 3.05) is 14.2 Å². The molecular weight excluding hydrogens is 380 g/mol. The van der Waals surface area contributed by atoms with Crippen molar-refractivity contribution in [1.29, 1.82) is 0 Å². The van der Waals surface area contributed by atoms with Gasteiger partial charge in [-0.15, -0.1) is 0 Å². The quantitative estimate of drug-likeness (QED) is 0.136. The Balaban J connectivity index is 2.43. The summed E-state index contributed by atoms with van der Waals surface area (Å²) in [4.78, 5) is 36.7. The number of methoxy groups -OCH3 is 2. The Morgan fingerprint density at radius 2 is 1.93 bits per heavy atom. The highest BCUT2D eigenvalue weighted by atomic mass is 16.5. The molecule has 0 aromatic carbocycles. The lowest BCUT2D eigenvalue weighted by Gasteiger charge is -2.22. The molecule has 1 fully saturated rings. The van der Waals surface area contributed by atoms with Crippen LogP contribution in [-0.4, -0.2) is 37.4 Å². The third-order valence-corrected chi connectivity index (χ3v) is 5.63. The second-order valence-corrected chi connectivity index (χ2v) is 8.47. The molecule has 0 saturated heterocycles. The summed E-state index contributed by atoms with van der Waals surface area (Å²) < 4.78 is 10.4. The van der Waals surface area contributed by atoms with Gasteiger partial charge in [0.15, 0.2) is 0 Å². The maximum absolute atomic E-state index is 12.6. The van der Waals surface area contributed by atoms with Crippen LogP contribution in [0.1, 0.15) is 72.1 Å². The molecule has 0 N–H and O–H groups in total. The monoisotopic (exact) mass is 418 g/mol. The number of unbranched alkanes of at least 4 members (excludes halogenated alkanes) is 2. The van der Waals surface area contributed by atoms with Gasteiger partial charge in [-0.2, -0.15) is 0 Å². The van der Waals surface area contributed by atoms with Gasteiger partial charge in [-0.25, -0.2) is 0 Å². The number of ketones is 2. The zero-order chi connectivity index (χ0) is 22.6. The van der Waals surface area contributed by atoms with Crippen molar-refractivity contribution >= 4 is 17.5 Å². The molecule has 5 heteroatoms. The van der Waals surface area contributed by atoms with E-state index in [0.717, 1.165) is 25.7 Å². The van der Waals surface area contributed by atoms with Crippen molar-refractivity contribution in [3.63, 3.8) is 0 Å². The molecule has 3 atom stereocenters. The van der Waals surface area contributed by atoms with Gasteiger partial charge >= 0.3 is 5.97 Å². The van der Waals surface area contributed by atoms with Crippen LogP contribution in [0.5, 0.6) is 0 Å². The van der Waals surface area contributed by atoms with Crippen molar-refractivity contribution < 1.29 is 23.9 Å². The topological polar surface area (TPSA) is 69.7 Å². The minimum absolute atomic E-state index is 0.0153. The number of esters is 1. The molecular formula is C25H38O5. The SMILES string of the molecule is COC(=O)C(C(=O)CCCCC=CCC(C)(C=CC=C(C)C)OC)[C@H]1CCCC1=O. The Morgan fingerprint density at radius 3 is 2.50 bits per heavy atom. The van der Waals surface area contributed by atoms with Crippen LogP contribution in [0.15, 0.2) is 36.0 Å². The summed E-state index contributed by atoms with van der Waals surface area (Å²) in [6, 6.07) is 0. The molecule has 0 spiro atoms. The molecule has 0 bridgehead atoms. The van der Waals surface area contributed by atoms with E-state index in [1.165, 1.54) is 12.7 Å². The lowest BCUT2D eigenvalue weighted by atomic mass is 9.84. The van der Waals surface area contributed by atoms with Crippen LogP contribution in [0.25, 0.3) is 0 Å². The molecule has 5 nitrogen and oxygen atoms in total. The molecule has 0 aromatic heterocycles. The minimum atomic E-state index is -0.921. The molecule has 1 rings (SSSR count). The van der Waals surface area contributed by atoms with Gasteiger partial charge in [0.1, 0.15) is 17.5 Å². The molecule has 1 aliphatic carbocycles. The zero-order valence-corrected chi connectivity index (χ0v) is 19.2. The third kappa shape index (κ3) is 8.78. The highest BCUT2D eigenvalue weighted by Crippen LogP contribution is 2.31. The lowest BCUT2D eigenvalue weighted by molar-refractivity contribution is -0.153. The number of Topliss-reactive ketones (excluding diaryl/α,β-unsaturated/α-hetero) is 2. The van der Waals surface area contributed by atoms with E-state index >= 15 is 0 Å². The van der Waals surface area contributed by atoms with Gasteiger partial charge in [0.2, 0.25) is 0 Å². The molecule has 0 amide bonds. The maximum Gasteiger partial charge on any atom is 0.316 e. The molecule has 2 unspecified atom stereocenters. The normalized spacial score (nSPS) is 19.8. The van der Waals surface area contributed by atoms with Gasteiger partial charge in [0, 0.05) is 25.9 Å². The Kier molecular flexibility index (Phi) is 11.6. The van der Waals surface area contributed by atoms with Crippen molar-refractivity contribution in [2.45, 2.75) is 77.7 Å². The fourth-order valence-corrected chi connectivity index (χ4v) is 3.66. The van der Waals surface area contributed by atoms with Gasteiger partial charge in [-0.3, -0.25) is 14.4 Å². The minimum Gasteiger partial charge on any atom is -0.468 e. The number of hydrogen-bond donors (Lipinski definition) is 0. The van der Waals surface area contributed by atoms with Crippen LogP contribution >= 0.6 is 0 Å². The van der Waals surface area contributed by atoms with Crippen LogP contribution in [0, 0.1) is 11.8 Å². The standard InChI is InChI=1S/C25H38O5/c1-19(2)13-12-18-25(3,30-5)17-10-8-6-7-9-15-22(27)23(24(28)29-4)20-14-11-16-21(20)26/h8,10,12-13,18,20,23H,6-7,9,11,14-17H2,1-5H3/t20-,23?,25?/m0/s1. The second-order valence-electron chi connectivity index (χ2n) is 8.47. The van der Waals surface area contributed by atoms with Crippen LogP contribution < -0.4 is 0 Å². The summed E-state index contributed by atoms with van der Waals surface area (Å²) in [5.74, 6) is -2.13. The van der Waals surface area contributed by atoms with Crippen molar-refractivity contribution in [1.82, 2.24) is 0 Å². The Bertz CT molecular complexity index is 669. The summed E-state index contributed by atoms with van der Waals surface area (Å²) >= 11 is 0. The molecule has 0 heterocycles. The first-order valence-corrected chi connectivity index (χ1v) is 10.9. The third-order valence-electron chi connectivity index (χ3n) is 5.63. The van der Waals surface area contributed by atoms with E-state index in [1.807, 2.05) is 13.0 Å². The van der Waals surface area contributed by atoms with Gasteiger partial charge in [-0.1, -0.05) is 36.0 Å². The van der Waals surface area contributed by atoms with Crippen molar-refractivity contribution in [2.24, 2.45) is 11.8 Å². The van der Waals surface area contributed by atoms with E-state index in [2.05, 4.69) is 38.2 Å². The maximum atomic E-state index is 12.6. The first-order chi connectivity index (χ1) is 14.2. The number of carbonyl (C=O) groups is 3. The largest absolute Gasteiger partial charge is 0.468 e. The average molecular weight is 419 g/mol. The molecule has 1 saturated carbocycles. The van der Waals surface area contributed by atoms with Crippen LogP contribution in [-0.2, 0) is 23.9 Å². The summed E-state index contributed by atoms with van der Waals surface area (Å²) in [6.45, 7) is 6.15. The lowest BCUT2D eigenvalue weighted by Crippen LogP contribution is -2.34. The summed E-state index contributed by atoms with van der Waals surface area (Å²) in [5.41, 5.74) is 0.890. The van der Waals surface area contributed by atoms with Crippen LogP contribution in [0.3, 0.4) is 0 Å². The van der Waals surface area contributed by atoms with Crippen molar-refractivity contribution in [3.05, 3.63) is 36.0 Å². The molecule has 30 heavy (non-hydrogen) atoms. The van der Waals surface area contributed by atoms with Gasteiger partial charge in [0.25, 0.3) is 0 Å². The molecule has 0 radical (unpaired) electrons. The van der Waals surface area contributed by atoms with E-state index < -0.39 is 17.8 Å². The fourth-order valence-electron chi connectivity index (χ4n) is 3.66. The van der Waals surface area contributed by atoms with E-state index in [-0.39, 0.29) is 17.2 Å². The predicted octanol–water partition coefficient (Wildman–Crippen LogP) is 5.15. The van der Waals surface area contributed by atoms with Crippen molar-refractivity contribution in [3.8, 4) is 0 Å². The molecule has 168 valence electrons. The first-order valence-electron chi connectivity index (χ1n) is 10.9. The first kappa shape index (κ1) is 26.0. The Labute approximate surface area is 181 Å². The number of hydrogen-bond acceptors (Lipinski definition) is 5. The Morgan fingerprint density at radius 1 is 1.20 bits per heavy atom. The summed E-state index contributed by atoms with van der Waals surface area (Å²) in [7, 11) is 2.98. The zero-order valence-electron chi connectivity index (χ0n) is 19.2. The predicted molar refractivity (Wildman–Crippen MR) is 119 cm³/mol.